The molecule has 45 heavy (non-hydrogen) atoms. The zero-order valence-electron chi connectivity index (χ0n) is 26.0. The number of thioether (sulfide) groups is 1. The predicted molar refractivity (Wildman–Crippen MR) is 180 cm³/mol. The van der Waals surface area contributed by atoms with Crippen molar-refractivity contribution < 1.29 is 22.7 Å². The molecule has 10 heteroatoms. The maximum atomic E-state index is 14.4. The second-order valence-corrected chi connectivity index (χ2v) is 13.2. The summed E-state index contributed by atoms with van der Waals surface area (Å²) in [5.41, 5.74) is 3.05. The number of hydrogen-bond donors (Lipinski definition) is 1. The molecule has 0 heterocycles. The van der Waals surface area contributed by atoms with Crippen LogP contribution >= 0.6 is 11.8 Å². The van der Waals surface area contributed by atoms with Gasteiger partial charge in [-0.05, 0) is 79.8 Å². The molecule has 0 spiro atoms. The molecule has 0 radical (unpaired) electrons. The van der Waals surface area contributed by atoms with Gasteiger partial charge in [-0.2, -0.15) is 0 Å². The van der Waals surface area contributed by atoms with Crippen molar-refractivity contribution in [2.45, 2.75) is 42.6 Å². The van der Waals surface area contributed by atoms with Crippen molar-refractivity contribution in [1.82, 2.24) is 10.2 Å². The monoisotopic (exact) mass is 645 g/mol. The maximum Gasteiger partial charge on any atom is 0.264 e. The summed E-state index contributed by atoms with van der Waals surface area (Å²) >= 11 is 1.50. The molecular formula is C35H39N3O5S2. The first-order chi connectivity index (χ1) is 21.7. The maximum absolute atomic E-state index is 14.4. The Hall–Kier alpha value is -4.28. The van der Waals surface area contributed by atoms with E-state index in [-0.39, 0.29) is 23.8 Å². The standard InChI is InChI=1S/C35H39N3O5S2/c1-5-43-30-17-15-29(16-18-30)38(45(41,42)32-21-19-31(44-4)20-22-32)25-34(39)37(24-28-13-11-26(2)12-14-28)33(35(40)36-3)23-27-9-7-6-8-10-27/h6-22,33H,5,23-25H2,1-4H3,(H,36,40)/t33-/m0/s1. The average molecular weight is 646 g/mol. The Labute approximate surface area is 270 Å². The lowest BCUT2D eigenvalue weighted by molar-refractivity contribution is -0.139. The number of aryl methyl sites for hydroxylation is 1. The van der Waals surface area contributed by atoms with Crippen LogP contribution in [0.15, 0.2) is 113 Å². The Morgan fingerprint density at radius 1 is 0.867 bits per heavy atom. The van der Waals surface area contributed by atoms with Crippen LogP contribution in [-0.4, -0.2) is 57.6 Å². The Bertz CT molecular complexity index is 1660. The van der Waals surface area contributed by atoms with Crippen LogP contribution in [0.5, 0.6) is 5.75 Å². The summed E-state index contributed by atoms with van der Waals surface area (Å²) in [6.45, 7) is 3.89. The smallest absolute Gasteiger partial charge is 0.264 e. The van der Waals surface area contributed by atoms with Crippen LogP contribution in [0.3, 0.4) is 0 Å². The summed E-state index contributed by atoms with van der Waals surface area (Å²) in [7, 11) is -2.65. The van der Waals surface area contributed by atoms with E-state index < -0.39 is 28.5 Å². The minimum atomic E-state index is -4.19. The highest BCUT2D eigenvalue weighted by Crippen LogP contribution is 2.28. The third kappa shape index (κ3) is 8.67. The first-order valence-corrected chi connectivity index (χ1v) is 17.3. The number of likely N-dealkylation sites (N-methyl/N-ethyl adjacent to an activating group) is 1. The highest BCUT2D eigenvalue weighted by molar-refractivity contribution is 7.98. The van der Waals surface area contributed by atoms with Gasteiger partial charge in [0.2, 0.25) is 11.8 Å². The highest BCUT2D eigenvalue weighted by atomic mass is 32.2. The lowest BCUT2D eigenvalue weighted by Crippen LogP contribution is -2.53. The Balaban J connectivity index is 1.78. The van der Waals surface area contributed by atoms with Gasteiger partial charge in [-0.3, -0.25) is 13.9 Å². The summed E-state index contributed by atoms with van der Waals surface area (Å²) in [5.74, 6) is -0.279. The number of hydrogen-bond acceptors (Lipinski definition) is 6. The van der Waals surface area contributed by atoms with E-state index in [4.69, 9.17) is 4.74 Å². The molecule has 0 unspecified atom stereocenters. The minimum absolute atomic E-state index is 0.0548. The van der Waals surface area contributed by atoms with E-state index in [1.54, 1.807) is 48.5 Å². The molecule has 0 saturated heterocycles. The molecule has 0 aromatic heterocycles. The lowest BCUT2D eigenvalue weighted by atomic mass is 10.0. The van der Waals surface area contributed by atoms with Gasteiger partial charge in [0.05, 0.1) is 17.2 Å². The van der Waals surface area contributed by atoms with Gasteiger partial charge in [-0.15, -0.1) is 11.8 Å². The fourth-order valence-corrected chi connectivity index (χ4v) is 6.71. The Kier molecular flexibility index (Phi) is 11.7. The molecule has 1 atom stereocenters. The Morgan fingerprint density at radius 3 is 2.09 bits per heavy atom. The predicted octanol–water partition coefficient (Wildman–Crippen LogP) is 5.70. The number of anilines is 1. The molecule has 2 amide bonds. The molecule has 1 N–H and O–H groups in total. The van der Waals surface area contributed by atoms with Gasteiger partial charge in [0.1, 0.15) is 18.3 Å². The first kappa shape index (κ1) is 33.6. The normalized spacial score (nSPS) is 11.8. The highest BCUT2D eigenvalue weighted by Gasteiger charge is 2.34. The molecule has 0 aliphatic rings. The number of carbonyl (C=O) groups excluding carboxylic acids is 2. The van der Waals surface area contributed by atoms with Crippen molar-refractivity contribution in [1.29, 1.82) is 0 Å². The van der Waals surface area contributed by atoms with Crippen molar-refractivity contribution in [2.75, 3.05) is 30.8 Å². The zero-order valence-corrected chi connectivity index (χ0v) is 27.6. The van der Waals surface area contributed by atoms with Gasteiger partial charge in [0, 0.05) is 24.9 Å². The summed E-state index contributed by atoms with van der Waals surface area (Å²) in [5, 5.41) is 2.71. The largest absolute Gasteiger partial charge is 0.494 e. The van der Waals surface area contributed by atoms with Gasteiger partial charge in [-0.25, -0.2) is 8.42 Å². The number of carbonyl (C=O) groups is 2. The SMILES string of the molecule is CCOc1ccc(N(CC(=O)N(Cc2ccc(C)cc2)[C@@H](Cc2ccccc2)C(=O)NC)S(=O)(=O)c2ccc(SC)cc2)cc1. The van der Waals surface area contributed by atoms with Crippen molar-refractivity contribution in [3.8, 4) is 5.75 Å². The number of amides is 2. The van der Waals surface area contributed by atoms with Crippen molar-refractivity contribution in [2.24, 2.45) is 0 Å². The summed E-state index contributed by atoms with van der Waals surface area (Å²) in [6.07, 6.45) is 2.17. The Morgan fingerprint density at radius 2 is 1.51 bits per heavy atom. The van der Waals surface area contributed by atoms with E-state index in [1.165, 1.54) is 23.7 Å². The van der Waals surface area contributed by atoms with Crippen LogP contribution in [0.25, 0.3) is 0 Å². The molecule has 0 saturated carbocycles. The fourth-order valence-electron chi connectivity index (χ4n) is 4.89. The van der Waals surface area contributed by atoms with E-state index in [1.807, 2.05) is 74.7 Å². The summed E-state index contributed by atoms with van der Waals surface area (Å²) < 4.78 is 35.0. The van der Waals surface area contributed by atoms with Gasteiger partial charge >= 0.3 is 0 Å². The van der Waals surface area contributed by atoms with Crippen LogP contribution < -0.4 is 14.4 Å². The van der Waals surface area contributed by atoms with Crippen LogP contribution in [-0.2, 0) is 32.6 Å². The number of sulfonamides is 1. The molecule has 0 fully saturated rings. The topological polar surface area (TPSA) is 96.0 Å². The first-order valence-electron chi connectivity index (χ1n) is 14.7. The van der Waals surface area contributed by atoms with Crippen LogP contribution in [0, 0.1) is 6.92 Å². The van der Waals surface area contributed by atoms with Crippen molar-refractivity contribution in [3.05, 3.63) is 120 Å². The number of nitrogens with one attached hydrogen (secondary N) is 1. The lowest BCUT2D eigenvalue weighted by Gasteiger charge is -2.33. The molecule has 0 aliphatic heterocycles. The molecule has 236 valence electrons. The minimum Gasteiger partial charge on any atom is -0.494 e. The van der Waals surface area contributed by atoms with Gasteiger partial charge in [0.25, 0.3) is 10.0 Å². The third-order valence-electron chi connectivity index (χ3n) is 7.35. The number of ether oxygens (including phenoxy) is 1. The molecule has 8 nitrogen and oxygen atoms in total. The average Bonchev–Trinajstić information content (AvgIpc) is 3.06. The molecule has 0 aliphatic carbocycles. The quantitative estimate of drug-likeness (QED) is 0.177. The fraction of sp³-hybridized carbons (Fsp3) is 0.257. The second kappa shape index (κ2) is 15.6. The van der Waals surface area contributed by atoms with Crippen LogP contribution in [0.4, 0.5) is 5.69 Å². The molecule has 0 bridgehead atoms. The molecular weight excluding hydrogens is 607 g/mol. The van der Waals surface area contributed by atoms with E-state index in [0.717, 1.165) is 25.9 Å². The third-order valence-corrected chi connectivity index (χ3v) is 9.88. The number of benzene rings is 4. The van der Waals surface area contributed by atoms with Crippen LogP contribution in [0.2, 0.25) is 0 Å². The summed E-state index contributed by atoms with van der Waals surface area (Å²) in [6, 6.07) is 29.4. The number of rotatable bonds is 14. The molecule has 4 aromatic rings. The summed E-state index contributed by atoms with van der Waals surface area (Å²) in [4.78, 5) is 30.2. The van der Waals surface area contributed by atoms with Gasteiger partial charge in [-0.1, -0.05) is 60.2 Å². The van der Waals surface area contributed by atoms with E-state index in [9.17, 15) is 18.0 Å². The van der Waals surface area contributed by atoms with Crippen molar-refractivity contribution >= 4 is 39.3 Å². The molecule has 4 rings (SSSR count). The van der Waals surface area contributed by atoms with E-state index >= 15 is 0 Å². The van der Waals surface area contributed by atoms with Crippen molar-refractivity contribution in [3.63, 3.8) is 0 Å². The van der Waals surface area contributed by atoms with E-state index in [2.05, 4.69) is 5.32 Å². The van der Waals surface area contributed by atoms with Crippen LogP contribution in [0.1, 0.15) is 23.6 Å². The zero-order chi connectivity index (χ0) is 32.4. The van der Waals surface area contributed by atoms with Gasteiger partial charge < -0.3 is 15.0 Å². The van der Waals surface area contributed by atoms with E-state index in [0.29, 0.717) is 18.0 Å². The van der Waals surface area contributed by atoms with Gasteiger partial charge in [0.15, 0.2) is 0 Å². The second-order valence-electron chi connectivity index (χ2n) is 10.4. The number of nitrogens with zero attached hydrogens (tertiary/aromatic N) is 2. The molecule has 4 aromatic carbocycles.